The Kier molecular flexibility index (Phi) is 7.82. The van der Waals surface area contributed by atoms with Crippen LogP contribution in [0.3, 0.4) is 0 Å². The van der Waals surface area contributed by atoms with E-state index in [4.69, 9.17) is 5.73 Å². The van der Waals surface area contributed by atoms with E-state index in [1.54, 1.807) is 0 Å². The highest BCUT2D eigenvalue weighted by Gasteiger charge is 2.19. The molecule has 2 aromatic rings. The van der Waals surface area contributed by atoms with Crippen molar-refractivity contribution in [3.63, 3.8) is 0 Å². The molecule has 27 heavy (non-hydrogen) atoms. The number of halogens is 1. The van der Waals surface area contributed by atoms with E-state index in [-0.39, 0.29) is 36.7 Å². The molecule has 1 saturated heterocycles. The number of piperidine rings is 1. The van der Waals surface area contributed by atoms with E-state index in [0.29, 0.717) is 13.0 Å². The Morgan fingerprint density at radius 2 is 1.78 bits per heavy atom. The molecule has 1 fully saturated rings. The molecule has 1 aliphatic rings. The highest BCUT2D eigenvalue weighted by Crippen LogP contribution is 2.21. The molecule has 3 rings (SSSR count). The summed E-state index contributed by atoms with van der Waals surface area (Å²) < 4.78 is 0. The second-order valence-corrected chi connectivity index (χ2v) is 6.67. The number of rotatable bonds is 6. The molecule has 0 spiro atoms. The van der Waals surface area contributed by atoms with Gasteiger partial charge in [0.2, 0.25) is 11.8 Å². The molecule has 5 nitrogen and oxygen atoms in total. The molecule has 0 bridgehead atoms. The molecule has 0 radical (unpaired) electrons. The van der Waals surface area contributed by atoms with Gasteiger partial charge in [0.15, 0.2) is 0 Å². The summed E-state index contributed by atoms with van der Waals surface area (Å²) in [5, 5.41) is 2.91. The summed E-state index contributed by atoms with van der Waals surface area (Å²) in [6.07, 6.45) is 2.90. The first kappa shape index (κ1) is 20.9. The van der Waals surface area contributed by atoms with Gasteiger partial charge in [0.1, 0.15) is 0 Å². The van der Waals surface area contributed by atoms with Crippen molar-refractivity contribution in [3.05, 3.63) is 65.7 Å². The van der Waals surface area contributed by atoms with Crippen molar-refractivity contribution < 1.29 is 9.59 Å². The molecule has 1 heterocycles. The lowest BCUT2D eigenvalue weighted by Crippen LogP contribution is -2.35. The first-order chi connectivity index (χ1) is 12.6. The second kappa shape index (κ2) is 10.1. The van der Waals surface area contributed by atoms with Gasteiger partial charge in [-0.3, -0.25) is 9.59 Å². The summed E-state index contributed by atoms with van der Waals surface area (Å²) in [4.78, 5) is 25.9. The van der Waals surface area contributed by atoms with Gasteiger partial charge in [-0.25, -0.2) is 0 Å². The van der Waals surface area contributed by atoms with E-state index >= 15 is 0 Å². The van der Waals surface area contributed by atoms with Crippen LogP contribution in [0, 0.1) is 0 Å². The summed E-state index contributed by atoms with van der Waals surface area (Å²) in [7, 11) is 0. The molecule has 2 aromatic carbocycles. The highest BCUT2D eigenvalue weighted by molar-refractivity contribution is 5.93. The number of amides is 2. The van der Waals surface area contributed by atoms with Crippen molar-refractivity contribution in [3.8, 4) is 0 Å². The third-order valence-corrected chi connectivity index (χ3v) is 4.69. The fourth-order valence-corrected chi connectivity index (χ4v) is 3.16. The van der Waals surface area contributed by atoms with E-state index in [0.717, 1.165) is 36.2 Å². The number of hydrogen-bond acceptors (Lipinski definition) is 3. The normalized spacial score (nSPS) is 15.0. The van der Waals surface area contributed by atoms with Gasteiger partial charge in [-0.2, -0.15) is 0 Å². The van der Waals surface area contributed by atoms with Crippen molar-refractivity contribution in [1.29, 1.82) is 0 Å². The molecule has 144 valence electrons. The zero-order valence-corrected chi connectivity index (χ0v) is 16.1. The lowest BCUT2D eigenvalue weighted by atomic mass is 10.0. The lowest BCUT2D eigenvalue weighted by molar-refractivity contribution is -0.121. The molecule has 1 atom stereocenters. The Balaban J connectivity index is 0.00000261. The topological polar surface area (TPSA) is 75.4 Å². The molecule has 1 aliphatic heterocycles. The van der Waals surface area contributed by atoms with Crippen LogP contribution in [0.5, 0.6) is 0 Å². The third kappa shape index (κ3) is 5.81. The Morgan fingerprint density at radius 1 is 1.07 bits per heavy atom. The average molecular weight is 388 g/mol. The number of carbonyl (C=O) groups excluding carboxylic acids is 2. The van der Waals surface area contributed by atoms with E-state index in [2.05, 4.69) is 5.32 Å². The fourth-order valence-electron chi connectivity index (χ4n) is 3.16. The van der Waals surface area contributed by atoms with Crippen molar-refractivity contribution in [2.45, 2.75) is 38.3 Å². The smallest absolute Gasteiger partial charge is 0.226 e. The molecule has 0 saturated carbocycles. The van der Waals surface area contributed by atoms with Crippen LogP contribution < -0.4 is 16.0 Å². The zero-order chi connectivity index (χ0) is 18.4. The lowest BCUT2D eigenvalue weighted by Gasteiger charge is -2.26. The first-order valence-corrected chi connectivity index (χ1v) is 9.10. The minimum atomic E-state index is -0.302. The van der Waals surface area contributed by atoms with E-state index in [1.165, 1.54) is 0 Å². The fraction of sp³-hybridized carbons (Fsp3) is 0.333. The van der Waals surface area contributed by atoms with Crippen LogP contribution in [0.25, 0.3) is 0 Å². The number of carbonyl (C=O) groups is 2. The zero-order valence-electron chi connectivity index (χ0n) is 15.3. The summed E-state index contributed by atoms with van der Waals surface area (Å²) in [5.41, 5.74) is 8.97. The SMILES string of the molecule is Cl.NC(CC(=O)NCc1ccc(N2CCCCC2=O)cc1)c1ccccc1. The average Bonchev–Trinajstić information content (AvgIpc) is 2.68. The van der Waals surface area contributed by atoms with Crippen molar-refractivity contribution in [1.82, 2.24) is 5.32 Å². The van der Waals surface area contributed by atoms with Crippen molar-refractivity contribution >= 4 is 29.9 Å². The van der Waals surface area contributed by atoms with Gasteiger partial charge in [-0.05, 0) is 36.1 Å². The number of nitrogens with one attached hydrogen (secondary N) is 1. The molecular formula is C21H26ClN3O2. The second-order valence-electron chi connectivity index (χ2n) is 6.67. The van der Waals surface area contributed by atoms with Gasteiger partial charge in [0.05, 0.1) is 0 Å². The molecule has 0 aliphatic carbocycles. The molecule has 6 heteroatoms. The highest BCUT2D eigenvalue weighted by atomic mass is 35.5. The Labute approximate surface area is 166 Å². The van der Waals surface area contributed by atoms with Crippen molar-refractivity contribution in [2.24, 2.45) is 5.73 Å². The number of hydrogen-bond donors (Lipinski definition) is 2. The molecule has 0 aromatic heterocycles. The molecule has 3 N–H and O–H groups in total. The Morgan fingerprint density at radius 3 is 2.44 bits per heavy atom. The summed E-state index contributed by atoms with van der Waals surface area (Å²) in [5.74, 6) is 0.115. The van der Waals surface area contributed by atoms with E-state index in [9.17, 15) is 9.59 Å². The maximum atomic E-state index is 12.1. The predicted molar refractivity (Wildman–Crippen MR) is 110 cm³/mol. The molecule has 1 unspecified atom stereocenters. The van der Waals surface area contributed by atoms with Crippen LogP contribution in [0.4, 0.5) is 5.69 Å². The van der Waals surface area contributed by atoms with Gasteiger partial charge in [0.25, 0.3) is 0 Å². The summed E-state index contributed by atoms with van der Waals surface area (Å²) in [6, 6.07) is 17.1. The predicted octanol–water partition coefficient (Wildman–Crippen LogP) is 3.33. The van der Waals surface area contributed by atoms with E-state index < -0.39 is 0 Å². The van der Waals surface area contributed by atoms with Gasteiger partial charge in [-0.15, -0.1) is 12.4 Å². The minimum absolute atomic E-state index is 0. The Hall–Kier alpha value is -2.37. The van der Waals surface area contributed by atoms with Crippen LogP contribution >= 0.6 is 12.4 Å². The standard InChI is InChI=1S/C21H25N3O2.ClH/c22-19(17-6-2-1-3-7-17)14-20(25)23-15-16-9-11-18(12-10-16)24-13-5-4-8-21(24)26;/h1-3,6-7,9-12,19H,4-5,8,13-15,22H2,(H,23,25);1H. The van der Waals surface area contributed by atoms with Gasteiger partial charge in [0, 0.05) is 37.7 Å². The quantitative estimate of drug-likeness (QED) is 0.798. The molecular weight excluding hydrogens is 362 g/mol. The maximum absolute atomic E-state index is 12.1. The van der Waals surface area contributed by atoms with Crippen molar-refractivity contribution in [2.75, 3.05) is 11.4 Å². The minimum Gasteiger partial charge on any atom is -0.352 e. The van der Waals surface area contributed by atoms with Gasteiger partial charge >= 0.3 is 0 Å². The van der Waals surface area contributed by atoms with Gasteiger partial charge in [-0.1, -0.05) is 42.5 Å². The van der Waals surface area contributed by atoms with Crippen LogP contribution in [0.15, 0.2) is 54.6 Å². The summed E-state index contributed by atoms with van der Waals surface area (Å²) in [6.45, 7) is 1.24. The summed E-state index contributed by atoms with van der Waals surface area (Å²) >= 11 is 0. The third-order valence-electron chi connectivity index (χ3n) is 4.69. The number of anilines is 1. The maximum Gasteiger partial charge on any atom is 0.226 e. The van der Waals surface area contributed by atoms with Crippen LogP contribution in [-0.4, -0.2) is 18.4 Å². The van der Waals surface area contributed by atoms with Crippen LogP contribution in [0.2, 0.25) is 0 Å². The van der Waals surface area contributed by atoms with E-state index in [1.807, 2.05) is 59.5 Å². The number of nitrogens with zero attached hydrogens (tertiary/aromatic N) is 1. The van der Waals surface area contributed by atoms with Crippen LogP contribution in [0.1, 0.15) is 42.9 Å². The van der Waals surface area contributed by atoms with Crippen LogP contribution in [-0.2, 0) is 16.1 Å². The first-order valence-electron chi connectivity index (χ1n) is 9.10. The monoisotopic (exact) mass is 387 g/mol. The molecule has 2 amide bonds. The largest absolute Gasteiger partial charge is 0.352 e. The van der Waals surface area contributed by atoms with Gasteiger partial charge < -0.3 is 16.0 Å². The Bertz CT molecular complexity index is 750. The number of benzene rings is 2. The number of nitrogens with two attached hydrogens (primary N) is 1.